The maximum atomic E-state index is 12.6. The average molecular weight is 422 g/mol. The molecule has 1 saturated carbocycles. The van der Waals surface area contributed by atoms with Gasteiger partial charge in [0, 0.05) is 37.0 Å². The molecule has 164 valence electrons. The van der Waals surface area contributed by atoms with Crippen LogP contribution in [0.2, 0.25) is 0 Å². The summed E-state index contributed by atoms with van der Waals surface area (Å²) in [4.78, 5) is 25.9. The normalized spacial score (nSPS) is 21.0. The number of nitrogens with zero attached hydrogens (tertiary/aromatic N) is 1. The Balaban J connectivity index is 1.14. The fourth-order valence-corrected chi connectivity index (χ4v) is 4.49. The first-order valence-electron chi connectivity index (χ1n) is 11.2. The number of piperidine rings is 1. The molecule has 1 aliphatic heterocycles. The monoisotopic (exact) mass is 421 g/mol. The largest absolute Gasteiger partial charge is 0.343 e. The first-order chi connectivity index (χ1) is 15.1. The maximum absolute atomic E-state index is 12.6. The zero-order valence-electron chi connectivity index (χ0n) is 17.8. The molecule has 31 heavy (non-hydrogen) atoms. The zero-order chi connectivity index (χ0) is 21.6. The smallest absolute Gasteiger partial charge is 0.274 e. The number of hydrogen-bond acceptors (Lipinski definition) is 4. The third-order valence-corrected chi connectivity index (χ3v) is 6.60. The molecule has 0 aromatic heterocycles. The van der Waals surface area contributed by atoms with Crippen LogP contribution in [-0.4, -0.2) is 47.6 Å². The molecular formula is C25H31N3O3. The molecule has 3 N–H and O–H groups in total. The van der Waals surface area contributed by atoms with E-state index >= 15 is 0 Å². The Bertz CT molecular complexity index is 877. The van der Waals surface area contributed by atoms with Gasteiger partial charge in [0.1, 0.15) is 0 Å². The van der Waals surface area contributed by atoms with Gasteiger partial charge in [-0.1, -0.05) is 42.5 Å². The molecule has 2 aliphatic rings. The highest BCUT2D eigenvalue weighted by Crippen LogP contribution is 2.40. The molecule has 2 atom stereocenters. The molecule has 2 amide bonds. The number of nitrogens with one attached hydrogen (secondary N) is 2. The highest BCUT2D eigenvalue weighted by atomic mass is 16.5. The molecule has 0 radical (unpaired) electrons. The number of hydrogen-bond donors (Lipinski definition) is 3. The molecule has 0 bridgehead atoms. The first kappa shape index (κ1) is 21.5. The summed E-state index contributed by atoms with van der Waals surface area (Å²) in [7, 11) is 0. The van der Waals surface area contributed by atoms with Crippen molar-refractivity contribution in [1.29, 1.82) is 0 Å². The summed E-state index contributed by atoms with van der Waals surface area (Å²) in [5, 5.41) is 12.4. The minimum atomic E-state index is -0.530. The molecule has 2 aromatic carbocycles. The summed E-state index contributed by atoms with van der Waals surface area (Å²) < 4.78 is 0. The Morgan fingerprint density at radius 3 is 2.39 bits per heavy atom. The predicted molar refractivity (Wildman–Crippen MR) is 119 cm³/mol. The van der Waals surface area contributed by atoms with Gasteiger partial charge < -0.3 is 10.2 Å². The van der Waals surface area contributed by atoms with Gasteiger partial charge in [0.25, 0.3) is 5.91 Å². The Morgan fingerprint density at radius 1 is 1.00 bits per heavy atom. The fraction of sp³-hybridized carbons (Fsp3) is 0.440. The molecule has 4 rings (SSSR count). The van der Waals surface area contributed by atoms with Gasteiger partial charge in [0.15, 0.2) is 0 Å². The SMILES string of the molecule is O=C(NO)c1ccc(CCC(=O)N2CCC(CNC3CC3c3ccccc3)CC2)cc1. The first-order valence-corrected chi connectivity index (χ1v) is 11.2. The van der Waals surface area contributed by atoms with E-state index in [-0.39, 0.29) is 5.91 Å². The summed E-state index contributed by atoms with van der Waals surface area (Å²) in [6.45, 7) is 2.73. The molecule has 1 saturated heterocycles. The van der Waals surface area contributed by atoms with Crippen molar-refractivity contribution in [3.05, 3.63) is 71.3 Å². The lowest BCUT2D eigenvalue weighted by atomic mass is 9.96. The van der Waals surface area contributed by atoms with Crippen molar-refractivity contribution < 1.29 is 14.8 Å². The molecule has 0 spiro atoms. The third-order valence-electron chi connectivity index (χ3n) is 6.60. The van der Waals surface area contributed by atoms with Gasteiger partial charge in [0.05, 0.1) is 0 Å². The number of aryl methyl sites for hydroxylation is 1. The van der Waals surface area contributed by atoms with E-state index in [1.165, 1.54) is 12.0 Å². The van der Waals surface area contributed by atoms with E-state index in [1.54, 1.807) is 17.6 Å². The van der Waals surface area contributed by atoms with E-state index in [0.29, 0.717) is 36.3 Å². The molecule has 1 aliphatic carbocycles. The molecule has 2 fully saturated rings. The number of rotatable bonds is 8. The fourth-order valence-electron chi connectivity index (χ4n) is 4.49. The lowest BCUT2D eigenvalue weighted by molar-refractivity contribution is -0.132. The van der Waals surface area contributed by atoms with Gasteiger partial charge in [-0.3, -0.25) is 14.8 Å². The van der Waals surface area contributed by atoms with Gasteiger partial charge in [-0.05, 0) is 61.4 Å². The van der Waals surface area contributed by atoms with Crippen LogP contribution in [0.15, 0.2) is 54.6 Å². The number of amides is 2. The molecule has 2 aromatic rings. The highest BCUT2D eigenvalue weighted by Gasteiger charge is 2.38. The van der Waals surface area contributed by atoms with Crippen LogP contribution in [0.1, 0.15) is 53.1 Å². The third kappa shape index (κ3) is 5.71. The van der Waals surface area contributed by atoms with Crippen molar-refractivity contribution >= 4 is 11.8 Å². The second-order valence-corrected chi connectivity index (χ2v) is 8.73. The number of benzene rings is 2. The van der Waals surface area contributed by atoms with E-state index in [4.69, 9.17) is 5.21 Å². The highest BCUT2D eigenvalue weighted by molar-refractivity contribution is 5.93. The standard InChI is InChI=1S/C25H31N3O3/c29-24(11-8-18-6-9-21(10-7-18)25(30)27-31)28-14-12-19(13-15-28)17-26-23-16-22(23)20-4-2-1-3-5-20/h1-7,9-10,19,22-23,26,31H,8,11-17H2,(H,27,30). The number of carbonyl (C=O) groups excluding carboxylic acids is 2. The molecule has 6 nitrogen and oxygen atoms in total. The summed E-state index contributed by atoms with van der Waals surface area (Å²) >= 11 is 0. The number of likely N-dealkylation sites (tertiary alicyclic amines) is 1. The molecule has 6 heteroatoms. The van der Waals surface area contributed by atoms with Crippen LogP contribution in [0.25, 0.3) is 0 Å². The van der Waals surface area contributed by atoms with Gasteiger partial charge in [-0.2, -0.15) is 0 Å². The Labute approximate surface area is 183 Å². The Morgan fingerprint density at radius 2 is 1.71 bits per heavy atom. The summed E-state index contributed by atoms with van der Waals surface area (Å²) in [5.74, 6) is 0.980. The van der Waals surface area contributed by atoms with E-state index < -0.39 is 5.91 Å². The van der Waals surface area contributed by atoms with Crippen LogP contribution in [0, 0.1) is 5.92 Å². The Kier molecular flexibility index (Phi) is 6.99. The van der Waals surface area contributed by atoms with Gasteiger partial charge >= 0.3 is 0 Å². The van der Waals surface area contributed by atoms with Crippen LogP contribution in [0.4, 0.5) is 0 Å². The van der Waals surface area contributed by atoms with E-state index in [1.807, 2.05) is 17.0 Å². The van der Waals surface area contributed by atoms with E-state index in [9.17, 15) is 9.59 Å². The van der Waals surface area contributed by atoms with Crippen molar-refractivity contribution in [1.82, 2.24) is 15.7 Å². The second kappa shape index (κ2) is 10.1. The Hall–Kier alpha value is -2.70. The van der Waals surface area contributed by atoms with Crippen molar-refractivity contribution in [3.63, 3.8) is 0 Å². The van der Waals surface area contributed by atoms with Crippen LogP contribution < -0.4 is 10.8 Å². The molecular weight excluding hydrogens is 390 g/mol. The summed E-state index contributed by atoms with van der Waals surface area (Å²) in [6, 6.07) is 18.3. The average Bonchev–Trinajstić information content (AvgIpc) is 3.62. The second-order valence-electron chi connectivity index (χ2n) is 8.73. The lowest BCUT2D eigenvalue weighted by Gasteiger charge is -2.32. The molecule has 2 unspecified atom stereocenters. The quantitative estimate of drug-likeness (QED) is 0.452. The van der Waals surface area contributed by atoms with E-state index in [0.717, 1.165) is 38.0 Å². The van der Waals surface area contributed by atoms with Crippen LogP contribution in [0.5, 0.6) is 0 Å². The van der Waals surface area contributed by atoms with Crippen molar-refractivity contribution in [3.8, 4) is 0 Å². The number of carbonyl (C=O) groups is 2. The predicted octanol–water partition coefficient (Wildman–Crippen LogP) is 3.12. The number of hydroxylamine groups is 1. The summed E-state index contributed by atoms with van der Waals surface area (Å²) in [6.07, 6.45) is 4.49. The van der Waals surface area contributed by atoms with Crippen molar-refractivity contribution in [2.24, 2.45) is 5.92 Å². The van der Waals surface area contributed by atoms with Crippen molar-refractivity contribution in [2.45, 2.75) is 44.1 Å². The minimum Gasteiger partial charge on any atom is -0.343 e. The van der Waals surface area contributed by atoms with E-state index in [2.05, 4.69) is 35.6 Å². The molecule has 1 heterocycles. The lowest BCUT2D eigenvalue weighted by Crippen LogP contribution is -2.41. The van der Waals surface area contributed by atoms with Gasteiger partial charge in [-0.15, -0.1) is 0 Å². The van der Waals surface area contributed by atoms with Crippen LogP contribution in [0.3, 0.4) is 0 Å². The van der Waals surface area contributed by atoms with Crippen molar-refractivity contribution in [2.75, 3.05) is 19.6 Å². The topological polar surface area (TPSA) is 81.7 Å². The van der Waals surface area contributed by atoms with Gasteiger partial charge in [-0.25, -0.2) is 5.48 Å². The minimum absolute atomic E-state index is 0.204. The van der Waals surface area contributed by atoms with Crippen LogP contribution >= 0.6 is 0 Å². The maximum Gasteiger partial charge on any atom is 0.274 e. The summed E-state index contributed by atoms with van der Waals surface area (Å²) in [5.41, 5.74) is 4.47. The van der Waals surface area contributed by atoms with Gasteiger partial charge in [0.2, 0.25) is 5.91 Å². The van der Waals surface area contributed by atoms with Crippen LogP contribution in [-0.2, 0) is 11.2 Å². The zero-order valence-corrected chi connectivity index (χ0v) is 17.8.